The summed E-state index contributed by atoms with van der Waals surface area (Å²) in [6.07, 6.45) is 1.95. The first-order valence-electron chi connectivity index (χ1n) is 10.3. The highest BCUT2D eigenvalue weighted by Gasteiger charge is 2.48. The van der Waals surface area contributed by atoms with Gasteiger partial charge < -0.3 is 10.0 Å². The fourth-order valence-corrected chi connectivity index (χ4v) is 4.99. The maximum Gasteiger partial charge on any atom is 0.276 e. The molecule has 33 heavy (non-hydrogen) atoms. The van der Waals surface area contributed by atoms with Gasteiger partial charge in [-0.2, -0.15) is 5.10 Å². The van der Waals surface area contributed by atoms with Gasteiger partial charge in [0.2, 0.25) is 5.43 Å². The van der Waals surface area contributed by atoms with E-state index in [1.54, 1.807) is 0 Å². The van der Waals surface area contributed by atoms with Crippen LogP contribution in [0.15, 0.2) is 47.4 Å². The monoisotopic (exact) mass is 459 g/mol. The number of aromatic hydroxyl groups is 1. The van der Waals surface area contributed by atoms with E-state index >= 15 is 0 Å². The number of benzene rings is 2. The molecule has 2 aliphatic heterocycles. The van der Waals surface area contributed by atoms with Gasteiger partial charge in [0.1, 0.15) is 11.6 Å². The van der Waals surface area contributed by atoms with E-state index in [0.29, 0.717) is 25.5 Å². The molecule has 170 valence electrons. The Morgan fingerprint density at radius 2 is 1.70 bits per heavy atom. The largest absolute Gasteiger partial charge is 0.502 e. The summed E-state index contributed by atoms with van der Waals surface area (Å²) >= 11 is 0. The van der Waals surface area contributed by atoms with E-state index < -0.39 is 58.4 Å². The van der Waals surface area contributed by atoms with E-state index in [-0.39, 0.29) is 16.8 Å². The number of rotatable bonds is 3. The normalized spacial score (nSPS) is 20.5. The predicted octanol–water partition coefficient (Wildman–Crippen LogP) is 3.50. The fourth-order valence-electron chi connectivity index (χ4n) is 4.99. The molecule has 0 radical (unpaired) electrons. The average Bonchev–Trinajstić information content (AvgIpc) is 3.25. The Labute approximate surface area is 184 Å². The van der Waals surface area contributed by atoms with Gasteiger partial charge in [-0.1, -0.05) is 6.07 Å². The van der Waals surface area contributed by atoms with E-state index in [2.05, 4.69) is 5.10 Å². The minimum atomic E-state index is -1.15. The molecular weight excluding hydrogens is 442 g/mol. The van der Waals surface area contributed by atoms with Gasteiger partial charge in [0.15, 0.2) is 23.1 Å². The van der Waals surface area contributed by atoms with Gasteiger partial charge in [0, 0.05) is 18.5 Å². The lowest BCUT2D eigenvalue weighted by Gasteiger charge is -2.42. The SMILES string of the molecule is O=C1c2c(O)c(=O)cnn2[C@@H](C(c2cc(F)cc(F)c2)c2ccc(F)c(F)c2)[C@H]2CCCN12. The summed E-state index contributed by atoms with van der Waals surface area (Å²) in [4.78, 5) is 26.6. The summed E-state index contributed by atoms with van der Waals surface area (Å²) in [6.45, 7) is 0.338. The molecule has 0 bridgehead atoms. The van der Waals surface area contributed by atoms with E-state index in [0.717, 1.165) is 30.5 Å². The van der Waals surface area contributed by atoms with E-state index in [1.807, 2.05) is 0 Å². The van der Waals surface area contributed by atoms with Crippen LogP contribution in [0.1, 0.15) is 46.4 Å². The summed E-state index contributed by atoms with van der Waals surface area (Å²) in [5.74, 6) is -6.36. The Kier molecular flexibility index (Phi) is 4.95. The Morgan fingerprint density at radius 1 is 0.970 bits per heavy atom. The van der Waals surface area contributed by atoms with Crippen molar-refractivity contribution in [1.82, 2.24) is 14.7 Å². The number of nitrogens with zero attached hydrogens (tertiary/aromatic N) is 3. The number of hydrogen-bond donors (Lipinski definition) is 1. The van der Waals surface area contributed by atoms with Crippen LogP contribution in [-0.2, 0) is 0 Å². The van der Waals surface area contributed by atoms with Crippen LogP contribution in [0.2, 0.25) is 0 Å². The van der Waals surface area contributed by atoms with Crippen LogP contribution in [-0.4, -0.2) is 38.3 Å². The third-order valence-electron chi connectivity index (χ3n) is 6.31. The first-order chi connectivity index (χ1) is 15.8. The van der Waals surface area contributed by atoms with Crippen LogP contribution < -0.4 is 5.43 Å². The van der Waals surface area contributed by atoms with Crippen molar-refractivity contribution in [3.8, 4) is 5.75 Å². The summed E-state index contributed by atoms with van der Waals surface area (Å²) < 4.78 is 57.5. The van der Waals surface area contributed by atoms with Crippen LogP contribution in [0.4, 0.5) is 17.6 Å². The first-order valence-corrected chi connectivity index (χ1v) is 10.3. The number of halogens is 4. The number of hydrogen-bond acceptors (Lipinski definition) is 4. The molecule has 1 unspecified atom stereocenters. The summed E-state index contributed by atoms with van der Waals surface area (Å²) in [7, 11) is 0. The lowest BCUT2D eigenvalue weighted by Crippen LogP contribution is -2.50. The maximum absolute atomic E-state index is 14.2. The van der Waals surface area contributed by atoms with Gasteiger partial charge in [-0.15, -0.1) is 0 Å². The van der Waals surface area contributed by atoms with Gasteiger partial charge in [-0.05, 0) is 48.2 Å². The molecule has 1 amide bonds. The van der Waals surface area contributed by atoms with Gasteiger partial charge >= 0.3 is 0 Å². The second-order valence-electron chi connectivity index (χ2n) is 8.20. The molecule has 5 rings (SSSR count). The fraction of sp³-hybridized carbons (Fsp3) is 0.261. The van der Waals surface area contributed by atoms with Crippen molar-refractivity contribution in [2.75, 3.05) is 6.54 Å². The molecule has 3 heterocycles. The zero-order valence-corrected chi connectivity index (χ0v) is 17.0. The molecule has 3 aromatic rings. The van der Waals surface area contributed by atoms with Crippen molar-refractivity contribution in [3.63, 3.8) is 0 Å². The van der Waals surface area contributed by atoms with Gasteiger partial charge in [-0.3, -0.25) is 14.3 Å². The Hall–Kier alpha value is -3.69. The lowest BCUT2D eigenvalue weighted by molar-refractivity contribution is 0.0564. The minimum Gasteiger partial charge on any atom is -0.502 e. The molecule has 6 nitrogen and oxygen atoms in total. The molecular formula is C23H17F4N3O3. The number of amides is 1. The standard InChI is InChI=1S/C23H17F4N3O3/c24-13-6-12(7-14(25)9-13)19(11-3-4-15(26)16(27)8-11)20-17-2-1-5-29(17)23(33)21-22(32)18(31)10-28-30(20)21/h3-4,6-10,17,19-20,32H,1-2,5H2/t17-,19?,20-/m1/s1. The number of aromatic nitrogens is 2. The van der Waals surface area contributed by atoms with Gasteiger partial charge in [0.05, 0.1) is 18.3 Å². The molecule has 3 atom stereocenters. The Morgan fingerprint density at radius 3 is 2.39 bits per heavy atom. The van der Waals surface area contributed by atoms with Crippen molar-refractivity contribution in [2.45, 2.75) is 30.8 Å². The molecule has 10 heteroatoms. The highest BCUT2D eigenvalue weighted by molar-refractivity contribution is 5.96. The third kappa shape index (κ3) is 3.37. The van der Waals surface area contributed by atoms with E-state index in [9.17, 15) is 32.3 Å². The Bertz CT molecular complexity index is 1320. The summed E-state index contributed by atoms with van der Waals surface area (Å²) in [5.41, 5.74) is -0.908. The quantitative estimate of drug-likeness (QED) is 0.609. The van der Waals surface area contributed by atoms with Crippen molar-refractivity contribution in [1.29, 1.82) is 0 Å². The van der Waals surface area contributed by atoms with Crippen molar-refractivity contribution in [2.24, 2.45) is 0 Å². The first kappa shape index (κ1) is 21.2. The molecule has 0 spiro atoms. The van der Waals surface area contributed by atoms with Crippen LogP contribution >= 0.6 is 0 Å². The zero-order valence-electron chi connectivity index (χ0n) is 17.0. The molecule has 0 aliphatic carbocycles. The predicted molar refractivity (Wildman–Crippen MR) is 108 cm³/mol. The average molecular weight is 459 g/mol. The van der Waals surface area contributed by atoms with E-state index in [1.165, 1.54) is 15.6 Å². The highest BCUT2D eigenvalue weighted by Crippen LogP contribution is 2.46. The van der Waals surface area contributed by atoms with Crippen LogP contribution in [0.3, 0.4) is 0 Å². The number of carbonyl (C=O) groups excluding carboxylic acids is 1. The lowest BCUT2D eigenvalue weighted by atomic mass is 9.79. The zero-order chi connectivity index (χ0) is 23.4. The maximum atomic E-state index is 14.2. The van der Waals surface area contributed by atoms with Crippen LogP contribution in [0, 0.1) is 23.3 Å². The molecule has 2 aromatic carbocycles. The highest BCUT2D eigenvalue weighted by atomic mass is 19.2. The minimum absolute atomic E-state index is 0.107. The molecule has 0 saturated carbocycles. The van der Waals surface area contributed by atoms with Gasteiger partial charge in [0.25, 0.3) is 5.91 Å². The molecule has 1 saturated heterocycles. The van der Waals surface area contributed by atoms with Crippen molar-refractivity contribution in [3.05, 3.63) is 92.9 Å². The smallest absolute Gasteiger partial charge is 0.276 e. The molecule has 1 fully saturated rings. The second kappa shape index (κ2) is 7.72. The number of fused-ring (bicyclic) bond motifs is 2. The summed E-state index contributed by atoms with van der Waals surface area (Å²) in [6, 6.07) is 4.59. The Balaban J connectivity index is 1.81. The second-order valence-corrected chi connectivity index (χ2v) is 8.20. The van der Waals surface area contributed by atoms with Crippen molar-refractivity contribution >= 4 is 5.91 Å². The third-order valence-corrected chi connectivity index (χ3v) is 6.31. The molecule has 1 N–H and O–H groups in total. The van der Waals surface area contributed by atoms with Gasteiger partial charge in [-0.25, -0.2) is 17.6 Å². The summed E-state index contributed by atoms with van der Waals surface area (Å²) in [5, 5.41) is 14.5. The van der Waals surface area contributed by atoms with Crippen LogP contribution in [0.5, 0.6) is 5.75 Å². The van der Waals surface area contributed by atoms with Crippen molar-refractivity contribution < 1.29 is 27.5 Å². The topological polar surface area (TPSA) is 75.4 Å². The van der Waals surface area contributed by atoms with Crippen LogP contribution in [0.25, 0.3) is 0 Å². The number of carbonyl (C=O) groups is 1. The van der Waals surface area contributed by atoms with E-state index in [4.69, 9.17) is 0 Å². The molecule has 2 aliphatic rings. The molecule has 1 aromatic heterocycles.